The van der Waals surface area contributed by atoms with Crippen LogP contribution >= 0.6 is 0 Å². The van der Waals surface area contributed by atoms with Crippen LogP contribution in [0.2, 0.25) is 0 Å². The molecule has 0 aliphatic rings. The highest BCUT2D eigenvalue weighted by atomic mass is 16.1. The van der Waals surface area contributed by atoms with Gasteiger partial charge in [-0.1, -0.05) is 30.3 Å². The Hall–Kier alpha value is -3.21. The first-order valence-electron chi connectivity index (χ1n) is 8.60. The van der Waals surface area contributed by atoms with Gasteiger partial charge in [0.2, 0.25) is 0 Å². The fourth-order valence-corrected chi connectivity index (χ4v) is 2.53. The number of ketones is 1. The molecule has 5 heteroatoms. The lowest BCUT2D eigenvalue weighted by Gasteiger charge is -2.13. The van der Waals surface area contributed by atoms with Gasteiger partial charge in [0.1, 0.15) is 11.6 Å². The molecule has 0 atom stereocenters. The van der Waals surface area contributed by atoms with E-state index in [0.717, 1.165) is 17.1 Å². The number of Topliss-reactive ketones (excluding diaryl/α,β-unsaturated/α-hetero) is 1. The lowest BCUT2D eigenvalue weighted by Crippen LogP contribution is -2.12. The number of nitrogens with one attached hydrogen (secondary N) is 2. The number of anilines is 3. The summed E-state index contributed by atoms with van der Waals surface area (Å²) in [4.78, 5) is 20.7. The number of rotatable bonds is 6. The number of hydrogen-bond acceptors (Lipinski definition) is 5. The molecule has 0 spiro atoms. The molecule has 0 radical (unpaired) electrons. The van der Waals surface area contributed by atoms with Crippen LogP contribution in [-0.2, 0) is 0 Å². The van der Waals surface area contributed by atoms with Gasteiger partial charge >= 0.3 is 0 Å². The molecule has 26 heavy (non-hydrogen) atoms. The zero-order chi connectivity index (χ0) is 18.5. The lowest BCUT2D eigenvalue weighted by atomic mass is 10.1. The van der Waals surface area contributed by atoms with Crippen LogP contribution in [0.4, 0.5) is 17.3 Å². The van der Waals surface area contributed by atoms with Crippen molar-refractivity contribution in [2.24, 2.45) is 0 Å². The summed E-state index contributed by atoms with van der Waals surface area (Å²) in [5.41, 5.74) is 2.50. The van der Waals surface area contributed by atoms with Gasteiger partial charge in [0.05, 0.1) is 0 Å². The van der Waals surface area contributed by atoms with Crippen LogP contribution < -0.4 is 10.6 Å². The molecular formula is C21H22N4O. The second-order valence-electron chi connectivity index (χ2n) is 6.39. The molecule has 3 rings (SSSR count). The van der Waals surface area contributed by atoms with Gasteiger partial charge in [-0.3, -0.25) is 4.79 Å². The van der Waals surface area contributed by atoms with E-state index in [1.807, 2.05) is 48.5 Å². The third-order valence-corrected chi connectivity index (χ3v) is 3.76. The molecule has 0 bridgehead atoms. The first-order chi connectivity index (χ1) is 12.5. The molecule has 0 unspecified atom stereocenters. The van der Waals surface area contributed by atoms with Crippen molar-refractivity contribution in [2.75, 3.05) is 10.6 Å². The van der Waals surface area contributed by atoms with Gasteiger partial charge in [-0.2, -0.15) is 0 Å². The standard InChI is InChI=1S/C21H22N4O/c1-14(2)22-19-13-20(23-18-11-9-16(10-12-18)15(3)26)25-21(24-19)17-7-5-4-6-8-17/h4-14H,1-3H3,(H2,22,23,24,25). The van der Waals surface area contributed by atoms with Crippen molar-refractivity contribution in [3.05, 3.63) is 66.2 Å². The minimum absolute atomic E-state index is 0.0494. The molecule has 0 aliphatic heterocycles. The van der Waals surface area contributed by atoms with Crippen molar-refractivity contribution >= 4 is 23.1 Å². The zero-order valence-electron chi connectivity index (χ0n) is 15.2. The summed E-state index contributed by atoms with van der Waals surface area (Å²) in [5, 5.41) is 6.62. The van der Waals surface area contributed by atoms with E-state index in [0.29, 0.717) is 17.2 Å². The van der Waals surface area contributed by atoms with Crippen LogP contribution in [-0.4, -0.2) is 21.8 Å². The van der Waals surface area contributed by atoms with E-state index >= 15 is 0 Å². The number of nitrogens with zero attached hydrogens (tertiary/aromatic N) is 2. The number of benzene rings is 2. The van der Waals surface area contributed by atoms with Crippen molar-refractivity contribution in [2.45, 2.75) is 26.8 Å². The monoisotopic (exact) mass is 346 g/mol. The second-order valence-corrected chi connectivity index (χ2v) is 6.39. The Morgan fingerprint density at radius 1 is 0.923 bits per heavy atom. The van der Waals surface area contributed by atoms with Crippen LogP contribution in [0.5, 0.6) is 0 Å². The SMILES string of the molecule is CC(=O)c1ccc(Nc2cc(NC(C)C)nc(-c3ccccc3)n2)cc1. The van der Waals surface area contributed by atoms with Gasteiger partial charge in [0.25, 0.3) is 0 Å². The summed E-state index contributed by atoms with van der Waals surface area (Å²) in [6, 6.07) is 19.4. The number of carbonyl (C=O) groups excluding carboxylic acids is 1. The van der Waals surface area contributed by atoms with Crippen LogP contribution in [0, 0.1) is 0 Å². The maximum absolute atomic E-state index is 11.4. The molecule has 0 aliphatic carbocycles. The van der Waals surface area contributed by atoms with Crippen LogP contribution in [0.25, 0.3) is 11.4 Å². The fourth-order valence-electron chi connectivity index (χ4n) is 2.53. The third-order valence-electron chi connectivity index (χ3n) is 3.76. The predicted octanol–water partition coefficient (Wildman–Crippen LogP) is 4.91. The van der Waals surface area contributed by atoms with Crippen LogP contribution in [0.1, 0.15) is 31.1 Å². The highest BCUT2D eigenvalue weighted by molar-refractivity contribution is 5.94. The average Bonchev–Trinajstić information content (AvgIpc) is 2.62. The molecule has 0 saturated carbocycles. The first kappa shape index (κ1) is 17.6. The second kappa shape index (κ2) is 7.78. The van der Waals surface area contributed by atoms with E-state index in [-0.39, 0.29) is 11.8 Å². The van der Waals surface area contributed by atoms with Crippen LogP contribution in [0.3, 0.4) is 0 Å². The highest BCUT2D eigenvalue weighted by Gasteiger charge is 2.08. The molecule has 1 heterocycles. The Morgan fingerprint density at radius 3 is 2.19 bits per heavy atom. The number of carbonyl (C=O) groups is 1. The highest BCUT2D eigenvalue weighted by Crippen LogP contribution is 2.23. The Morgan fingerprint density at radius 2 is 1.58 bits per heavy atom. The smallest absolute Gasteiger partial charge is 0.163 e. The van der Waals surface area contributed by atoms with E-state index in [2.05, 4.69) is 34.4 Å². The summed E-state index contributed by atoms with van der Waals surface area (Å²) >= 11 is 0. The van der Waals surface area contributed by atoms with E-state index in [9.17, 15) is 4.79 Å². The summed E-state index contributed by atoms with van der Waals surface area (Å²) in [6.45, 7) is 5.69. The average molecular weight is 346 g/mol. The molecule has 3 aromatic rings. The molecule has 2 aromatic carbocycles. The molecule has 132 valence electrons. The van der Waals surface area contributed by atoms with Gasteiger partial charge in [0, 0.05) is 28.9 Å². The van der Waals surface area contributed by atoms with Crippen molar-refractivity contribution in [3.8, 4) is 11.4 Å². The molecule has 2 N–H and O–H groups in total. The van der Waals surface area contributed by atoms with Gasteiger partial charge in [-0.15, -0.1) is 0 Å². The van der Waals surface area contributed by atoms with Gasteiger partial charge in [0.15, 0.2) is 11.6 Å². The summed E-state index contributed by atoms with van der Waals surface area (Å²) < 4.78 is 0. The summed E-state index contributed by atoms with van der Waals surface area (Å²) in [6.07, 6.45) is 0. The van der Waals surface area contributed by atoms with Crippen molar-refractivity contribution in [1.82, 2.24) is 9.97 Å². The minimum atomic E-state index is 0.0494. The van der Waals surface area contributed by atoms with Crippen molar-refractivity contribution in [3.63, 3.8) is 0 Å². The molecular weight excluding hydrogens is 324 g/mol. The summed E-state index contributed by atoms with van der Waals surface area (Å²) in [5.74, 6) is 2.15. The Balaban J connectivity index is 1.93. The normalized spacial score (nSPS) is 10.6. The summed E-state index contributed by atoms with van der Waals surface area (Å²) in [7, 11) is 0. The Bertz CT molecular complexity index is 890. The zero-order valence-corrected chi connectivity index (χ0v) is 15.2. The van der Waals surface area contributed by atoms with Gasteiger partial charge in [-0.05, 0) is 45.0 Å². The number of hydrogen-bond donors (Lipinski definition) is 2. The largest absolute Gasteiger partial charge is 0.368 e. The van der Waals surface area contributed by atoms with E-state index in [1.54, 1.807) is 19.1 Å². The lowest BCUT2D eigenvalue weighted by molar-refractivity contribution is 0.101. The van der Waals surface area contributed by atoms with Crippen molar-refractivity contribution < 1.29 is 4.79 Å². The molecule has 0 amide bonds. The topological polar surface area (TPSA) is 66.9 Å². The minimum Gasteiger partial charge on any atom is -0.368 e. The van der Waals surface area contributed by atoms with Crippen LogP contribution in [0.15, 0.2) is 60.7 Å². The van der Waals surface area contributed by atoms with E-state index in [1.165, 1.54) is 0 Å². The molecule has 1 aromatic heterocycles. The first-order valence-corrected chi connectivity index (χ1v) is 8.60. The maximum Gasteiger partial charge on any atom is 0.163 e. The van der Waals surface area contributed by atoms with E-state index in [4.69, 9.17) is 0 Å². The fraction of sp³-hybridized carbons (Fsp3) is 0.190. The number of aromatic nitrogens is 2. The van der Waals surface area contributed by atoms with E-state index < -0.39 is 0 Å². The molecule has 0 fully saturated rings. The Kier molecular flexibility index (Phi) is 5.27. The maximum atomic E-state index is 11.4. The van der Waals surface area contributed by atoms with Gasteiger partial charge < -0.3 is 10.6 Å². The van der Waals surface area contributed by atoms with Gasteiger partial charge in [-0.25, -0.2) is 9.97 Å². The molecule has 5 nitrogen and oxygen atoms in total. The van der Waals surface area contributed by atoms with Crippen molar-refractivity contribution in [1.29, 1.82) is 0 Å². The molecule has 0 saturated heterocycles. The Labute approximate surface area is 153 Å². The quantitative estimate of drug-likeness (QED) is 0.621. The predicted molar refractivity (Wildman–Crippen MR) is 106 cm³/mol. The third kappa shape index (κ3) is 4.45.